The second-order valence-corrected chi connectivity index (χ2v) is 9.23. The van der Waals surface area contributed by atoms with E-state index in [1.807, 2.05) is 59.5 Å². The van der Waals surface area contributed by atoms with Gasteiger partial charge in [-0.25, -0.2) is 4.79 Å². The van der Waals surface area contributed by atoms with Gasteiger partial charge in [0.05, 0.1) is 43.6 Å². The van der Waals surface area contributed by atoms with Crippen molar-refractivity contribution >= 4 is 22.8 Å². The van der Waals surface area contributed by atoms with E-state index in [9.17, 15) is 9.59 Å². The molecule has 8 heteroatoms. The number of esters is 1. The number of hydrogen-bond acceptors (Lipinski definition) is 7. The average molecular weight is 489 g/mol. The number of pyridine rings is 1. The van der Waals surface area contributed by atoms with E-state index in [0.717, 1.165) is 48.2 Å². The highest BCUT2D eigenvalue weighted by atomic mass is 16.5. The van der Waals surface area contributed by atoms with E-state index >= 15 is 0 Å². The summed E-state index contributed by atoms with van der Waals surface area (Å²) in [6.07, 6.45) is 0. The Kier molecular flexibility index (Phi) is 7.55. The molecule has 8 nitrogen and oxygen atoms in total. The third-order valence-electron chi connectivity index (χ3n) is 6.98. The molecule has 0 radical (unpaired) electrons. The molecule has 2 fully saturated rings. The van der Waals surface area contributed by atoms with Crippen LogP contribution < -0.4 is 0 Å². The molecule has 0 spiro atoms. The Morgan fingerprint density at radius 3 is 2.31 bits per heavy atom. The summed E-state index contributed by atoms with van der Waals surface area (Å²) in [5, 5.41) is 0.923. The first-order chi connectivity index (χ1) is 17.6. The molecule has 2 aliphatic heterocycles. The van der Waals surface area contributed by atoms with Gasteiger partial charge >= 0.3 is 5.97 Å². The molecule has 0 bridgehead atoms. The zero-order valence-corrected chi connectivity index (χ0v) is 20.7. The fraction of sp³-hybridized carbons (Fsp3) is 0.393. The number of benzene rings is 2. The molecule has 0 atom stereocenters. The molecule has 188 valence electrons. The summed E-state index contributed by atoms with van der Waals surface area (Å²) in [6.45, 7) is 6.73. The van der Waals surface area contributed by atoms with E-state index in [-0.39, 0.29) is 11.9 Å². The number of piperazine rings is 1. The molecule has 2 aromatic carbocycles. The van der Waals surface area contributed by atoms with Crippen LogP contribution in [0, 0.1) is 0 Å². The zero-order valence-electron chi connectivity index (χ0n) is 20.7. The van der Waals surface area contributed by atoms with Gasteiger partial charge < -0.3 is 14.4 Å². The van der Waals surface area contributed by atoms with Crippen LogP contribution in [0.15, 0.2) is 54.6 Å². The number of amides is 1. The molecule has 36 heavy (non-hydrogen) atoms. The Morgan fingerprint density at radius 2 is 1.58 bits per heavy atom. The van der Waals surface area contributed by atoms with Crippen molar-refractivity contribution in [1.82, 2.24) is 19.7 Å². The van der Waals surface area contributed by atoms with Gasteiger partial charge in [0, 0.05) is 56.8 Å². The maximum absolute atomic E-state index is 13.1. The Bertz CT molecular complexity index is 1220. The molecule has 3 aromatic rings. The lowest BCUT2D eigenvalue weighted by atomic mass is 9.93. The highest BCUT2D eigenvalue weighted by molar-refractivity contribution is 6.07. The van der Waals surface area contributed by atoms with Gasteiger partial charge in [-0.15, -0.1) is 0 Å². The standard InChI is InChI=1S/C28H32N4O4/c1-35-28(34)27-24(29-23-10-6-5-9-22(23)26(27)21-7-3-2-4-8-21)19-30-11-13-32(14-12-30)25(33)20-31-15-17-36-18-16-31/h2-10H,11-20H2,1H3. The molecule has 1 amide bonds. The average Bonchev–Trinajstić information content (AvgIpc) is 2.93. The minimum Gasteiger partial charge on any atom is -0.465 e. The molecule has 5 rings (SSSR count). The second kappa shape index (κ2) is 11.2. The molecular formula is C28H32N4O4. The van der Waals surface area contributed by atoms with E-state index in [1.54, 1.807) is 0 Å². The van der Waals surface area contributed by atoms with Crippen LogP contribution in [0.2, 0.25) is 0 Å². The minimum atomic E-state index is -0.388. The van der Waals surface area contributed by atoms with Crippen LogP contribution in [0.5, 0.6) is 0 Å². The first-order valence-corrected chi connectivity index (χ1v) is 12.5. The predicted octanol–water partition coefficient (Wildman–Crippen LogP) is 2.66. The van der Waals surface area contributed by atoms with Crippen LogP contribution in [0.3, 0.4) is 0 Å². The van der Waals surface area contributed by atoms with Crippen LogP contribution >= 0.6 is 0 Å². The fourth-order valence-electron chi connectivity index (χ4n) is 5.02. The quantitative estimate of drug-likeness (QED) is 0.494. The first kappa shape index (κ1) is 24.4. The highest BCUT2D eigenvalue weighted by Crippen LogP contribution is 2.34. The summed E-state index contributed by atoms with van der Waals surface area (Å²) in [5.41, 5.74) is 3.86. The number of morpholine rings is 1. The number of rotatable bonds is 6. The predicted molar refractivity (Wildman–Crippen MR) is 138 cm³/mol. The van der Waals surface area contributed by atoms with Gasteiger partial charge in [0.1, 0.15) is 0 Å². The highest BCUT2D eigenvalue weighted by Gasteiger charge is 2.27. The van der Waals surface area contributed by atoms with Crippen LogP contribution in [0.25, 0.3) is 22.0 Å². The third-order valence-corrected chi connectivity index (χ3v) is 6.98. The summed E-state index contributed by atoms with van der Waals surface area (Å²) in [4.78, 5) is 37.2. The molecule has 0 unspecified atom stereocenters. The van der Waals surface area contributed by atoms with Gasteiger partial charge in [-0.3, -0.25) is 19.6 Å². The van der Waals surface area contributed by atoms with Crippen molar-refractivity contribution < 1.29 is 19.1 Å². The van der Waals surface area contributed by atoms with E-state index in [1.165, 1.54) is 7.11 Å². The number of fused-ring (bicyclic) bond motifs is 1. The lowest BCUT2D eigenvalue weighted by molar-refractivity contribution is -0.135. The summed E-state index contributed by atoms with van der Waals surface area (Å²) in [7, 11) is 1.41. The van der Waals surface area contributed by atoms with Crippen LogP contribution in [0.1, 0.15) is 16.1 Å². The van der Waals surface area contributed by atoms with Crippen molar-refractivity contribution in [1.29, 1.82) is 0 Å². The smallest absolute Gasteiger partial charge is 0.340 e. The lowest BCUT2D eigenvalue weighted by Crippen LogP contribution is -2.52. The normalized spacial score (nSPS) is 17.3. The largest absolute Gasteiger partial charge is 0.465 e. The first-order valence-electron chi connectivity index (χ1n) is 12.5. The summed E-state index contributed by atoms with van der Waals surface area (Å²) in [5.74, 6) is -0.219. The Morgan fingerprint density at radius 1 is 0.889 bits per heavy atom. The maximum atomic E-state index is 13.1. The third kappa shape index (κ3) is 5.26. The van der Waals surface area contributed by atoms with Crippen LogP contribution in [-0.4, -0.2) is 97.7 Å². The molecule has 2 aliphatic rings. The van der Waals surface area contributed by atoms with Crippen molar-refractivity contribution in [3.8, 4) is 11.1 Å². The zero-order chi connectivity index (χ0) is 24.9. The molecule has 0 aliphatic carbocycles. The number of aromatic nitrogens is 1. The number of methoxy groups -OCH3 is 1. The van der Waals surface area contributed by atoms with Gasteiger partial charge in [-0.1, -0.05) is 48.5 Å². The van der Waals surface area contributed by atoms with Gasteiger partial charge in [-0.2, -0.15) is 0 Å². The minimum absolute atomic E-state index is 0.169. The summed E-state index contributed by atoms with van der Waals surface area (Å²) >= 11 is 0. The van der Waals surface area contributed by atoms with E-state index in [2.05, 4.69) is 9.80 Å². The maximum Gasteiger partial charge on any atom is 0.340 e. The topological polar surface area (TPSA) is 75.2 Å². The van der Waals surface area contributed by atoms with Gasteiger partial charge in [0.2, 0.25) is 5.91 Å². The van der Waals surface area contributed by atoms with Crippen molar-refractivity contribution in [3.05, 3.63) is 65.9 Å². The van der Waals surface area contributed by atoms with Crippen molar-refractivity contribution in [3.63, 3.8) is 0 Å². The SMILES string of the molecule is COC(=O)c1c(CN2CCN(C(=O)CN3CCOCC3)CC2)nc2ccccc2c1-c1ccccc1. The van der Waals surface area contributed by atoms with Gasteiger partial charge in [0.15, 0.2) is 0 Å². The van der Waals surface area contributed by atoms with Gasteiger partial charge in [-0.05, 0) is 11.6 Å². The monoisotopic (exact) mass is 488 g/mol. The lowest BCUT2D eigenvalue weighted by Gasteiger charge is -2.36. The van der Waals surface area contributed by atoms with Crippen molar-refractivity contribution in [2.45, 2.75) is 6.54 Å². The molecular weight excluding hydrogens is 456 g/mol. The molecule has 0 N–H and O–H groups in total. The second-order valence-electron chi connectivity index (χ2n) is 9.23. The number of para-hydroxylation sites is 1. The van der Waals surface area contributed by atoms with E-state index < -0.39 is 0 Å². The molecule has 1 aromatic heterocycles. The molecule has 2 saturated heterocycles. The number of carbonyl (C=O) groups excluding carboxylic acids is 2. The van der Waals surface area contributed by atoms with Crippen LogP contribution in [0.4, 0.5) is 0 Å². The molecule has 0 saturated carbocycles. The Labute approximate surface area is 211 Å². The number of ether oxygens (including phenoxy) is 2. The van der Waals surface area contributed by atoms with Crippen molar-refractivity contribution in [2.75, 3.05) is 66.1 Å². The Hall–Kier alpha value is -3.33. The van der Waals surface area contributed by atoms with Crippen molar-refractivity contribution in [2.24, 2.45) is 0 Å². The van der Waals surface area contributed by atoms with Gasteiger partial charge in [0.25, 0.3) is 0 Å². The van der Waals surface area contributed by atoms with Crippen LogP contribution in [-0.2, 0) is 20.8 Å². The summed E-state index contributed by atoms with van der Waals surface area (Å²) in [6, 6.07) is 17.8. The number of nitrogens with zero attached hydrogens (tertiary/aromatic N) is 4. The fourth-order valence-corrected chi connectivity index (χ4v) is 5.02. The number of hydrogen-bond donors (Lipinski definition) is 0. The summed E-state index contributed by atoms with van der Waals surface area (Å²) < 4.78 is 10.6. The Balaban J connectivity index is 1.38. The van der Waals surface area contributed by atoms with E-state index in [4.69, 9.17) is 14.5 Å². The molecule has 3 heterocycles. The van der Waals surface area contributed by atoms with E-state index in [0.29, 0.717) is 50.7 Å². The number of carbonyl (C=O) groups is 2.